The molecule has 23 heavy (non-hydrogen) atoms. The molecule has 3 rings (SSSR count). The first-order valence-electron chi connectivity index (χ1n) is 6.64. The van der Waals surface area contributed by atoms with E-state index in [4.69, 9.17) is 0 Å². The summed E-state index contributed by atoms with van der Waals surface area (Å²) in [6.45, 7) is 0. The molecule has 0 saturated carbocycles. The molecule has 114 valence electrons. The Morgan fingerprint density at radius 1 is 1.26 bits per heavy atom. The Morgan fingerprint density at radius 2 is 2.00 bits per heavy atom. The van der Waals surface area contributed by atoms with Gasteiger partial charge in [0.2, 0.25) is 0 Å². The van der Waals surface area contributed by atoms with E-state index in [1.807, 2.05) is 59.0 Å². The Bertz CT molecular complexity index is 886. The number of hydrogen-bond donors (Lipinski definition) is 1. The van der Waals surface area contributed by atoms with Crippen molar-refractivity contribution in [2.45, 2.75) is 0 Å². The van der Waals surface area contributed by atoms with E-state index in [1.54, 1.807) is 13.2 Å². The smallest absolute Gasteiger partial charge is 0.276 e. The van der Waals surface area contributed by atoms with Gasteiger partial charge >= 0.3 is 0 Å². The van der Waals surface area contributed by atoms with E-state index in [1.165, 1.54) is 15.6 Å². The average molecular weight is 418 g/mol. The Morgan fingerprint density at radius 3 is 2.61 bits per heavy atom. The third-order valence-electron chi connectivity index (χ3n) is 3.23. The summed E-state index contributed by atoms with van der Waals surface area (Å²) in [5, 5.41) is 20.3. The van der Waals surface area contributed by atoms with E-state index in [0.717, 1.165) is 9.26 Å². The quantitative estimate of drug-likeness (QED) is 0.662. The molecule has 0 bridgehead atoms. The molecule has 7 nitrogen and oxygen atoms in total. The Hall–Kier alpha value is -2.67. The van der Waals surface area contributed by atoms with Crippen molar-refractivity contribution < 1.29 is 4.79 Å². The number of aromatic nitrogens is 4. The molecule has 0 spiro atoms. The number of anilines is 1. The third-order valence-corrected chi connectivity index (χ3v) is 4.02. The maximum atomic E-state index is 12.5. The number of nitrogens with one attached hydrogen (secondary N) is 1. The highest BCUT2D eigenvalue weighted by atomic mass is 127. The Balaban J connectivity index is 2.02. The molecule has 0 atom stereocenters. The topological polar surface area (TPSA) is 88.5 Å². The Labute approximate surface area is 145 Å². The number of amides is 1. The number of hydrogen-bond acceptors (Lipinski definition) is 4. The summed E-state index contributed by atoms with van der Waals surface area (Å²) in [7, 11) is 1.69. The molecule has 0 saturated heterocycles. The lowest BCUT2D eigenvalue weighted by Crippen LogP contribution is -2.20. The lowest BCUT2D eigenvalue weighted by Gasteiger charge is -2.10. The van der Waals surface area contributed by atoms with Crippen molar-refractivity contribution in [3.05, 3.63) is 57.6 Å². The molecule has 1 aromatic carbocycles. The van der Waals surface area contributed by atoms with Crippen LogP contribution in [-0.2, 0) is 7.05 Å². The van der Waals surface area contributed by atoms with Gasteiger partial charge in [0.15, 0.2) is 5.82 Å². The number of nitrogens with zero attached hydrogens (tertiary/aromatic N) is 5. The van der Waals surface area contributed by atoms with E-state index < -0.39 is 0 Å². The van der Waals surface area contributed by atoms with Gasteiger partial charge in [0.05, 0.1) is 21.7 Å². The van der Waals surface area contributed by atoms with Crippen molar-refractivity contribution in [2.75, 3.05) is 5.32 Å². The molecule has 0 aliphatic rings. The molecular weight excluding hydrogens is 407 g/mol. The van der Waals surface area contributed by atoms with Crippen LogP contribution in [0.15, 0.2) is 42.7 Å². The van der Waals surface area contributed by atoms with E-state index in [0.29, 0.717) is 17.1 Å². The molecule has 1 amide bonds. The van der Waals surface area contributed by atoms with Crippen molar-refractivity contribution >= 4 is 34.3 Å². The van der Waals surface area contributed by atoms with Crippen molar-refractivity contribution in [3.63, 3.8) is 0 Å². The molecule has 0 fully saturated rings. The summed E-state index contributed by atoms with van der Waals surface area (Å²) >= 11 is 2.04. The first-order valence-corrected chi connectivity index (χ1v) is 7.72. The van der Waals surface area contributed by atoms with Crippen molar-refractivity contribution in [1.82, 2.24) is 19.6 Å². The zero-order chi connectivity index (χ0) is 16.4. The zero-order valence-corrected chi connectivity index (χ0v) is 14.2. The maximum Gasteiger partial charge on any atom is 0.276 e. The fourth-order valence-corrected chi connectivity index (χ4v) is 2.87. The number of halogens is 1. The second kappa shape index (κ2) is 6.21. The van der Waals surface area contributed by atoms with Crippen molar-refractivity contribution in [2.24, 2.45) is 7.05 Å². The molecule has 2 heterocycles. The van der Waals surface area contributed by atoms with Crippen LogP contribution in [0.1, 0.15) is 16.1 Å². The minimum atomic E-state index is -0.344. The van der Waals surface area contributed by atoms with Crippen LogP contribution in [0, 0.1) is 14.9 Å². The highest BCUT2D eigenvalue weighted by Crippen LogP contribution is 2.21. The van der Waals surface area contributed by atoms with Crippen LogP contribution < -0.4 is 5.32 Å². The van der Waals surface area contributed by atoms with E-state index in [-0.39, 0.29) is 5.91 Å². The normalized spacial score (nSPS) is 10.3. The monoisotopic (exact) mass is 418 g/mol. The average Bonchev–Trinajstić information content (AvgIpc) is 3.11. The molecule has 0 aliphatic carbocycles. The summed E-state index contributed by atoms with van der Waals surface area (Å²) in [4.78, 5) is 12.5. The molecular formula is C15H11IN6O. The second-order valence-corrected chi connectivity index (χ2v) is 5.85. The van der Waals surface area contributed by atoms with Gasteiger partial charge in [-0.15, -0.1) is 0 Å². The van der Waals surface area contributed by atoms with E-state index >= 15 is 0 Å². The summed E-state index contributed by atoms with van der Waals surface area (Å²) in [6.07, 6.45) is 3.03. The van der Waals surface area contributed by atoms with Gasteiger partial charge in [0.1, 0.15) is 17.3 Å². The highest BCUT2D eigenvalue weighted by Gasteiger charge is 2.20. The number of nitriles is 1. The van der Waals surface area contributed by atoms with Crippen LogP contribution in [0.5, 0.6) is 0 Å². The standard InChI is InChI=1S/C15H11IN6O/c1-21-13(12(16)9-18-21)15(23)20-14-10(7-17)8-19-22(14)11-5-3-2-4-6-11/h2-6,8-9H,1H3,(H,20,23). The molecule has 1 N–H and O–H groups in total. The summed E-state index contributed by atoms with van der Waals surface area (Å²) in [5.74, 6) is -0.00992. The number of carbonyl (C=O) groups is 1. The third kappa shape index (κ3) is 2.83. The first kappa shape index (κ1) is 15.2. The minimum Gasteiger partial charge on any atom is -0.304 e. The van der Waals surface area contributed by atoms with Crippen LogP contribution in [0.25, 0.3) is 5.69 Å². The molecule has 3 aromatic rings. The summed E-state index contributed by atoms with van der Waals surface area (Å²) in [6, 6.07) is 11.3. The summed E-state index contributed by atoms with van der Waals surface area (Å²) in [5.41, 5.74) is 1.47. The molecule has 0 unspecified atom stereocenters. The maximum absolute atomic E-state index is 12.5. The van der Waals surface area contributed by atoms with Gasteiger partial charge in [-0.25, -0.2) is 4.68 Å². The lowest BCUT2D eigenvalue weighted by molar-refractivity contribution is 0.101. The second-order valence-electron chi connectivity index (χ2n) is 4.68. The zero-order valence-electron chi connectivity index (χ0n) is 12.1. The Kier molecular flexibility index (Phi) is 4.12. The van der Waals surface area contributed by atoms with Gasteiger partial charge in [-0.05, 0) is 34.7 Å². The van der Waals surface area contributed by atoms with E-state index in [9.17, 15) is 10.1 Å². The van der Waals surface area contributed by atoms with Crippen molar-refractivity contribution in [3.8, 4) is 11.8 Å². The number of carbonyl (C=O) groups excluding carboxylic acids is 1. The van der Waals surface area contributed by atoms with Crippen LogP contribution in [-0.4, -0.2) is 25.5 Å². The van der Waals surface area contributed by atoms with Crippen LogP contribution in [0.2, 0.25) is 0 Å². The SMILES string of the molecule is Cn1ncc(I)c1C(=O)Nc1c(C#N)cnn1-c1ccccc1. The largest absolute Gasteiger partial charge is 0.304 e. The number of para-hydroxylation sites is 1. The molecule has 0 radical (unpaired) electrons. The van der Waals surface area contributed by atoms with Crippen LogP contribution in [0.3, 0.4) is 0 Å². The van der Waals surface area contributed by atoms with E-state index in [2.05, 4.69) is 15.5 Å². The molecule has 2 aromatic heterocycles. The molecule has 8 heteroatoms. The molecule has 0 aliphatic heterocycles. The predicted molar refractivity (Wildman–Crippen MR) is 92.2 cm³/mol. The van der Waals surface area contributed by atoms with Gasteiger partial charge in [-0.1, -0.05) is 18.2 Å². The van der Waals surface area contributed by atoms with Gasteiger partial charge in [-0.3, -0.25) is 9.48 Å². The number of rotatable bonds is 3. The van der Waals surface area contributed by atoms with Gasteiger partial charge in [0.25, 0.3) is 5.91 Å². The van der Waals surface area contributed by atoms with Crippen molar-refractivity contribution in [1.29, 1.82) is 5.26 Å². The summed E-state index contributed by atoms with van der Waals surface area (Å²) < 4.78 is 3.75. The van der Waals surface area contributed by atoms with Crippen LogP contribution in [0.4, 0.5) is 5.82 Å². The predicted octanol–water partition coefficient (Wildman–Crippen LogP) is 2.33. The van der Waals surface area contributed by atoms with Gasteiger partial charge in [0, 0.05) is 7.05 Å². The van der Waals surface area contributed by atoms with Gasteiger partial charge < -0.3 is 5.32 Å². The number of aryl methyl sites for hydroxylation is 1. The first-order chi connectivity index (χ1) is 11.1. The highest BCUT2D eigenvalue weighted by molar-refractivity contribution is 14.1. The minimum absolute atomic E-state index is 0.291. The fraction of sp³-hybridized carbons (Fsp3) is 0.0667. The van der Waals surface area contributed by atoms with Gasteiger partial charge in [-0.2, -0.15) is 15.5 Å². The lowest BCUT2D eigenvalue weighted by atomic mass is 10.3. The number of benzene rings is 1. The van der Waals surface area contributed by atoms with Crippen LogP contribution >= 0.6 is 22.6 Å². The fourth-order valence-electron chi connectivity index (χ4n) is 2.15.